The molecule has 0 saturated carbocycles. The summed E-state index contributed by atoms with van der Waals surface area (Å²) in [6, 6.07) is -2.42. The van der Waals surface area contributed by atoms with Crippen LogP contribution in [0.1, 0.15) is 36.6 Å². The number of fused-ring (bicyclic) bond motifs is 1. The molecule has 12 heteroatoms. The average Bonchev–Trinajstić information content (AvgIpc) is 3.09. The van der Waals surface area contributed by atoms with E-state index in [-0.39, 0.29) is 16.6 Å². The van der Waals surface area contributed by atoms with Crippen molar-refractivity contribution in [3.05, 3.63) is 47.5 Å². The zero-order valence-corrected chi connectivity index (χ0v) is 17.5. The van der Waals surface area contributed by atoms with Gasteiger partial charge in [-0.15, -0.1) is 0 Å². The lowest BCUT2D eigenvalue weighted by Crippen LogP contribution is -2.40. The maximum Gasteiger partial charge on any atom is 0.416 e. The quantitative estimate of drug-likeness (QED) is 0.512. The maximum absolute atomic E-state index is 14.0. The second kappa shape index (κ2) is 8.83. The summed E-state index contributed by atoms with van der Waals surface area (Å²) in [5.41, 5.74) is -0.578. The monoisotopic (exact) mass is 469 g/mol. The van der Waals surface area contributed by atoms with E-state index >= 15 is 0 Å². The fourth-order valence-corrected chi connectivity index (χ4v) is 3.77. The van der Waals surface area contributed by atoms with Gasteiger partial charge in [-0.2, -0.15) is 13.2 Å². The number of carbonyl (C=O) groups is 1. The number of rotatable bonds is 4. The number of amides is 2. The van der Waals surface area contributed by atoms with Crippen molar-refractivity contribution >= 4 is 28.6 Å². The van der Waals surface area contributed by atoms with E-state index in [0.29, 0.717) is 12.0 Å². The summed E-state index contributed by atoms with van der Waals surface area (Å²) in [7, 11) is 0. The summed E-state index contributed by atoms with van der Waals surface area (Å²) in [5.74, 6) is -2.37. The first-order valence-electron chi connectivity index (χ1n) is 10.2. The molecule has 1 saturated heterocycles. The number of anilines is 2. The molecule has 7 nitrogen and oxygen atoms in total. The van der Waals surface area contributed by atoms with Crippen molar-refractivity contribution in [2.75, 3.05) is 23.3 Å². The number of aromatic nitrogens is 2. The number of nitrogens with one attached hydrogen (secondary N) is 2. The number of benzene rings is 1. The highest BCUT2D eigenvalue weighted by molar-refractivity contribution is 5.89. The highest BCUT2D eigenvalue weighted by Crippen LogP contribution is 2.39. The van der Waals surface area contributed by atoms with E-state index in [2.05, 4.69) is 15.3 Å². The van der Waals surface area contributed by atoms with E-state index in [9.17, 15) is 26.7 Å². The number of nitrogens with zero attached hydrogens (tertiary/aromatic N) is 3. The van der Waals surface area contributed by atoms with Crippen molar-refractivity contribution in [3.63, 3.8) is 0 Å². The predicted octanol–water partition coefficient (Wildman–Crippen LogP) is 5.22. The minimum atomic E-state index is -4.97. The van der Waals surface area contributed by atoms with Gasteiger partial charge in [-0.25, -0.2) is 23.5 Å². The third-order valence-corrected chi connectivity index (χ3v) is 5.39. The lowest BCUT2D eigenvalue weighted by molar-refractivity contribution is -0.158. The summed E-state index contributed by atoms with van der Waals surface area (Å²) >= 11 is 0. The van der Waals surface area contributed by atoms with Crippen LogP contribution in [0.5, 0.6) is 0 Å². The van der Waals surface area contributed by atoms with Crippen molar-refractivity contribution < 1.29 is 31.2 Å². The van der Waals surface area contributed by atoms with Crippen LogP contribution in [-0.4, -0.2) is 35.3 Å². The van der Waals surface area contributed by atoms with Crippen LogP contribution in [-0.2, 0) is 0 Å². The lowest BCUT2D eigenvalue weighted by atomic mass is 10.1. The van der Waals surface area contributed by atoms with Gasteiger partial charge in [-0.3, -0.25) is 0 Å². The number of carbonyl (C=O) groups excluding carboxylic acids is 1. The lowest BCUT2D eigenvalue weighted by Gasteiger charge is -2.26. The van der Waals surface area contributed by atoms with Crippen LogP contribution in [0.15, 0.2) is 28.9 Å². The molecule has 0 radical (unpaired) electrons. The highest BCUT2D eigenvalue weighted by Gasteiger charge is 2.45. The van der Waals surface area contributed by atoms with Gasteiger partial charge in [0.05, 0.1) is 18.1 Å². The van der Waals surface area contributed by atoms with E-state index < -0.39 is 41.2 Å². The third-order valence-electron chi connectivity index (χ3n) is 5.39. The molecule has 1 fully saturated rings. The zero-order valence-electron chi connectivity index (χ0n) is 17.5. The Morgan fingerprint density at radius 1 is 1.12 bits per heavy atom. The first kappa shape index (κ1) is 22.7. The van der Waals surface area contributed by atoms with Gasteiger partial charge in [0.25, 0.3) is 0 Å². The molecule has 0 spiro atoms. The molecule has 1 aromatic carbocycles. The number of hydrogen-bond acceptors (Lipinski definition) is 5. The third kappa shape index (κ3) is 4.83. The van der Waals surface area contributed by atoms with Gasteiger partial charge < -0.3 is 20.0 Å². The molecule has 176 valence electrons. The van der Waals surface area contributed by atoms with Gasteiger partial charge in [0.2, 0.25) is 5.95 Å². The van der Waals surface area contributed by atoms with Gasteiger partial charge in [0.1, 0.15) is 11.6 Å². The van der Waals surface area contributed by atoms with Gasteiger partial charge in [-0.1, -0.05) is 0 Å². The van der Waals surface area contributed by atoms with Crippen LogP contribution in [0, 0.1) is 18.6 Å². The van der Waals surface area contributed by atoms with E-state index in [1.54, 1.807) is 5.32 Å². The van der Waals surface area contributed by atoms with Crippen LogP contribution >= 0.6 is 0 Å². The molecule has 0 unspecified atom stereocenters. The van der Waals surface area contributed by atoms with Crippen LogP contribution < -0.4 is 15.5 Å². The highest BCUT2D eigenvalue weighted by atomic mass is 19.4. The van der Waals surface area contributed by atoms with E-state index in [0.717, 1.165) is 38.4 Å². The Hall–Kier alpha value is -3.44. The smallest absolute Gasteiger partial charge is 0.416 e. The standard InChI is InChI=1S/C21H20F5N5O2/c1-11-14-7-12(22)8-15(23)17(14)33-16(11)18(21(24,25)26)30-20(32)29-13-9-27-19(28-10-13)31-5-3-2-4-6-31/h7-10,18H,2-6H2,1H3,(H2,29,30,32)/t18-/m1/s1. The predicted molar refractivity (Wildman–Crippen MR) is 110 cm³/mol. The minimum Gasteiger partial charge on any atom is -0.455 e. The second-order valence-corrected chi connectivity index (χ2v) is 7.75. The van der Waals surface area contributed by atoms with Gasteiger partial charge in [0, 0.05) is 30.1 Å². The van der Waals surface area contributed by atoms with Crippen molar-refractivity contribution in [3.8, 4) is 0 Å². The molecule has 1 aliphatic heterocycles. The molecule has 3 heterocycles. The summed E-state index contributed by atoms with van der Waals surface area (Å²) in [6.07, 6.45) is 0.778. The largest absolute Gasteiger partial charge is 0.455 e. The molecule has 1 aliphatic rings. The molecule has 33 heavy (non-hydrogen) atoms. The van der Waals surface area contributed by atoms with Crippen molar-refractivity contribution in [1.82, 2.24) is 15.3 Å². The molecule has 0 bridgehead atoms. The Bertz CT molecular complexity index is 1160. The van der Waals surface area contributed by atoms with Crippen LogP contribution in [0.2, 0.25) is 0 Å². The van der Waals surface area contributed by atoms with E-state index in [1.165, 1.54) is 19.3 Å². The summed E-state index contributed by atoms with van der Waals surface area (Å²) in [5, 5.41) is 3.88. The number of furan rings is 1. The summed E-state index contributed by atoms with van der Waals surface area (Å²) in [6.45, 7) is 2.84. The topological polar surface area (TPSA) is 83.3 Å². The number of piperidine rings is 1. The molecule has 0 aliphatic carbocycles. The average molecular weight is 469 g/mol. The molecule has 3 aromatic rings. The Kier molecular flexibility index (Phi) is 6.09. The minimum absolute atomic E-state index is 0.0867. The van der Waals surface area contributed by atoms with Crippen LogP contribution in [0.25, 0.3) is 11.0 Å². The molecule has 2 amide bonds. The summed E-state index contributed by atoms with van der Waals surface area (Å²) < 4.78 is 73.8. The van der Waals surface area contributed by atoms with Crippen molar-refractivity contribution in [2.24, 2.45) is 0 Å². The van der Waals surface area contributed by atoms with E-state index in [4.69, 9.17) is 4.42 Å². The molecule has 1 atom stereocenters. The van der Waals surface area contributed by atoms with Gasteiger partial charge in [0.15, 0.2) is 17.4 Å². The Labute approximate surface area is 185 Å². The van der Waals surface area contributed by atoms with Crippen LogP contribution in [0.3, 0.4) is 0 Å². The fourth-order valence-electron chi connectivity index (χ4n) is 3.77. The number of aryl methyl sites for hydroxylation is 1. The van der Waals surface area contributed by atoms with Crippen molar-refractivity contribution in [2.45, 2.75) is 38.4 Å². The Morgan fingerprint density at radius 2 is 1.79 bits per heavy atom. The first-order chi connectivity index (χ1) is 15.6. The Balaban J connectivity index is 1.53. The SMILES string of the molecule is Cc1c([C@@H](NC(=O)Nc2cnc(N3CCCCC3)nc2)C(F)(F)F)oc2c(F)cc(F)cc12. The molecular formula is C21H20F5N5O2. The molecule has 2 aromatic heterocycles. The summed E-state index contributed by atoms with van der Waals surface area (Å²) in [4.78, 5) is 22.6. The van der Waals surface area contributed by atoms with Crippen LogP contribution in [0.4, 0.5) is 38.4 Å². The zero-order chi connectivity index (χ0) is 23.8. The number of alkyl halides is 3. The van der Waals surface area contributed by atoms with Gasteiger partial charge >= 0.3 is 12.2 Å². The first-order valence-corrected chi connectivity index (χ1v) is 10.2. The number of hydrogen-bond donors (Lipinski definition) is 2. The molecule has 2 N–H and O–H groups in total. The molecular weight excluding hydrogens is 449 g/mol. The number of halogens is 5. The Morgan fingerprint density at radius 3 is 2.42 bits per heavy atom. The van der Waals surface area contributed by atoms with E-state index in [1.807, 2.05) is 4.90 Å². The number of urea groups is 1. The van der Waals surface area contributed by atoms with Crippen molar-refractivity contribution in [1.29, 1.82) is 0 Å². The second-order valence-electron chi connectivity index (χ2n) is 7.75. The molecule has 4 rings (SSSR count). The van der Waals surface area contributed by atoms with Gasteiger partial charge in [-0.05, 0) is 32.3 Å². The fraction of sp³-hybridized carbons (Fsp3) is 0.381. The maximum atomic E-state index is 14.0. The normalized spacial score (nSPS) is 15.5.